The van der Waals surface area contributed by atoms with Crippen LogP contribution in [-0.2, 0) is 9.53 Å². The van der Waals surface area contributed by atoms with Crippen LogP contribution in [-0.4, -0.2) is 19.1 Å². The van der Waals surface area contributed by atoms with Crippen molar-refractivity contribution in [1.82, 2.24) is 5.32 Å². The molecule has 1 aromatic carbocycles. The van der Waals surface area contributed by atoms with Crippen molar-refractivity contribution in [2.24, 2.45) is 0 Å². The van der Waals surface area contributed by atoms with Gasteiger partial charge in [-0.2, -0.15) is 0 Å². The second-order valence-corrected chi connectivity index (χ2v) is 3.20. The first kappa shape index (κ1) is 12.3. The minimum Gasteiger partial charge on any atom is -0.462 e. The molecule has 0 saturated heterocycles. The zero-order valence-corrected chi connectivity index (χ0v) is 9.69. The minimum atomic E-state index is -0.297. The molecule has 16 heavy (non-hydrogen) atoms. The molecule has 0 fully saturated rings. The standard InChI is InChI=1S/C13H17NO2/c1-3-14-10-12(13(15)16-4-2)11-8-6-5-7-9-11/h5-10,14H,3-4H2,1-2H3. The number of ether oxygens (including phenoxy) is 1. The molecule has 0 amide bonds. The molecule has 0 aliphatic rings. The van der Waals surface area contributed by atoms with Crippen LogP contribution in [0.3, 0.4) is 0 Å². The van der Waals surface area contributed by atoms with Crippen LogP contribution in [0.5, 0.6) is 0 Å². The zero-order valence-electron chi connectivity index (χ0n) is 9.69. The highest BCUT2D eigenvalue weighted by molar-refractivity contribution is 6.16. The van der Waals surface area contributed by atoms with E-state index in [-0.39, 0.29) is 5.97 Å². The van der Waals surface area contributed by atoms with E-state index in [0.29, 0.717) is 12.2 Å². The lowest BCUT2D eigenvalue weighted by Crippen LogP contribution is -2.12. The largest absolute Gasteiger partial charge is 0.462 e. The van der Waals surface area contributed by atoms with Gasteiger partial charge < -0.3 is 10.1 Å². The van der Waals surface area contributed by atoms with E-state index < -0.39 is 0 Å². The van der Waals surface area contributed by atoms with Gasteiger partial charge in [0.05, 0.1) is 12.2 Å². The van der Waals surface area contributed by atoms with Crippen LogP contribution in [0.1, 0.15) is 19.4 Å². The van der Waals surface area contributed by atoms with Crippen LogP contribution in [0.25, 0.3) is 5.57 Å². The lowest BCUT2D eigenvalue weighted by atomic mass is 10.1. The maximum atomic E-state index is 11.7. The van der Waals surface area contributed by atoms with Crippen molar-refractivity contribution in [1.29, 1.82) is 0 Å². The van der Waals surface area contributed by atoms with E-state index >= 15 is 0 Å². The van der Waals surface area contributed by atoms with Crippen LogP contribution >= 0.6 is 0 Å². The summed E-state index contributed by atoms with van der Waals surface area (Å²) >= 11 is 0. The van der Waals surface area contributed by atoms with Crippen LogP contribution in [0.15, 0.2) is 36.5 Å². The summed E-state index contributed by atoms with van der Waals surface area (Å²) in [5, 5.41) is 3.02. The predicted octanol–water partition coefficient (Wildman–Crippen LogP) is 2.20. The Labute approximate surface area is 96.1 Å². The second-order valence-electron chi connectivity index (χ2n) is 3.20. The summed E-state index contributed by atoms with van der Waals surface area (Å²) < 4.78 is 5.01. The van der Waals surface area contributed by atoms with E-state index in [9.17, 15) is 4.79 Å². The first-order valence-corrected chi connectivity index (χ1v) is 5.45. The van der Waals surface area contributed by atoms with Crippen molar-refractivity contribution in [3.05, 3.63) is 42.1 Å². The van der Waals surface area contributed by atoms with Gasteiger partial charge in [-0.15, -0.1) is 0 Å². The fraction of sp³-hybridized carbons (Fsp3) is 0.308. The number of carbonyl (C=O) groups is 1. The Hall–Kier alpha value is -1.77. The van der Waals surface area contributed by atoms with E-state index in [2.05, 4.69) is 5.32 Å². The van der Waals surface area contributed by atoms with Gasteiger partial charge in [0.25, 0.3) is 0 Å². The van der Waals surface area contributed by atoms with Crippen molar-refractivity contribution in [3.8, 4) is 0 Å². The molecule has 0 aliphatic heterocycles. The van der Waals surface area contributed by atoms with Crippen molar-refractivity contribution in [2.45, 2.75) is 13.8 Å². The summed E-state index contributed by atoms with van der Waals surface area (Å²) in [6, 6.07) is 9.49. The molecule has 0 spiro atoms. The van der Waals surface area contributed by atoms with E-state index in [4.69, 9.17) is 4.74 Å². The molecule has 0 aliphatic carbocycles. The number of benzene rings is 1. The minimum absolute atomic E-state index is 0.297. The van der Waals surface area contributed by atoms with Gasteiger partial charge in [0.15, 0.2) is 0 Å². The number of hydrogen-bond donors (Lipinski definition) is 1. The zero-order chi connectivity index (χ0) is 11.8. The number of hydrogen-bond acceptors (Lipinski definition) is 3. The molecule has 0 saturated carbocycles. The van der Waals surface area contributed by atoms with Gasteiger partial charge in [-0.25, -0.2) is 4.79 Å². The maximum absolute atomic E-state index is 11.7. The Morgan fingerprint density at radius 1 is 1.31 bits per heavy atom. The molecule has 3 heteroatoms. The van der Waals surface area contributed by atoms with Crippen LogP contribution < -0.4 is 5.32 Å². The Morgan fingerprint density at radius 2 is 2.00 bits per heavy atom. The summed E-state index contributed by atoms with van der Waals surface area (Å²) in [4.78, 5) is 11.7. The van der Waals surface area contributed by atoms with Crippen LogP contribution in [0, 0.1) is 0 Å². The third-order valence-corrected chi connectivity index (χ3v) is 2.03. The first-order chi connectivity index (χ1) is 7.79. The SMILES string of the molecule is CCNC=C(C(=O)OCC)c1ccccc1. The van der Waals surface area contributed by atoms with E-state index in [1.807, 2.05) is 37.3 Å². The number of carbonyl (C=O) groups excluding carboxylic acids is 1. The summed E-state index contributed by atoms with van der Waals surface area (Å²) in [5.41, 5.74) is 1.42. The van der Waals surface area contributed by atoms with Gasteiger partial charge >= 0.3 is 5.97 Å². The van der Waals surface area contributed by atoms with Gasteiger partial charge in [0.2, 0.25) is 0 Å². The number of rotatable bonds is 5. The number of esters is 1. The average Bonchev–Trinajstić information content (AvgIpc) is 2.31. The normalized spacial score (nSPS) is 11.0. The molecule has 86 valence electrons. The van der Waals surface area contributed by atoms with Gasteiger partial charge in [0, 0.05) is 12.7 Å². The van der Waals surface area contributed by atoms with E-state index in [1.54, 1.807) is 13.1 Å². The molecule has 0 heterocycles. The quantitative estimate of drug-likeness (QED) is 0.609. The van der Waals surface area contributed by atoms with Gasteiger partial charge in [-0.05, 0) is 19.4 Å². The molecule has 0 unspecified atom stereocenters. The molecule has 0 atom stereocenters. The summed E-state index contributed by atoms with van der Waals surface area (Å²) in [6.45, 7) is 4.93. The molecule has 0 radical (unpaired) electrons. The van der Waals surface area contributed by atoms with Gasteiger partial charge in [-0.3, -0.25) is 0 Å². The lowest BCUT2D eigenvalue weighted by Gasteiger charge is -2.07. The summed E-state index contributed by atoms with van der Waals surface area (Å²) in [7, 11) is 0. The highest BCUT2D eigenvalue weighted by Crippen LogP contribution is 2.14. The Morgan fingerprint density at radius 3 is 2.56 bits per heavy atom. The fourth-order valence-electron chi connectivity index (χ4n) is 1.29. The Bertz CT molecular complexity index is 357. The molecule has 0 bridgehead atoms. The third kappa shape index (κ3) is 3.42. The van der Waals surface area contributed by atoms with Crippen molar-refractivity contribution in [3.63, 3.8) is 0 Å². The summed E-state index contributed by atoms with van der Waals surface area (Å²) in [5.74, 6) is -0.297. The molecular weight excluding hydrogens is 202 g/mol. The fourth-order valence-corrected chi connectivity index (χ4v) is 1.29. The predicted molar refractivity (Wildman–Crippen MR) is 64.7 cm³/mol. The molecular formula is C13H17NO2. The lowest BCUT2D eigenvalue weighted by molar-refractivity contribution is -0.136. The Kier molecular flexibility index (Phi) is 5.12. The van der Waals surface area contributed by atoms with Crippen LogP contribution in [0.4, 0.5) is 0 Å². The second kappa shape index (κ2) is 6.67. The first-order valence-electron chi connectivity index (χ1n) is 5.45. The highest BCUT2D eigenvalue weighted by atomic mass is 16.5. The Balaban J connectivity index is 2.92. The molecule has 0 aromatic heterocycles. The maximum Gasteiger partial charge on any atom is 0.340 e. The highest BCUT2D eigenvalue weighted by Gasteiger charge is 2.12. The molecule has 1 N–H and O–H groups in total. The molecule has 3 nitrogen and oxygen atoms in total. The summed E-state index contributed by atoms with van der Waals surface area (Å²) in [6.07, 6.45) is 1.70. The smallest absolute Gasteiger partial charge is 0.340 e. The third-order valence-electron chi connectivity index (χ3n) is 2.03. The number of nitrogens with one attached hydrogen (secondary N) is 1. The molecule has 1 rings (SSSR count). The topological polar surface area (TPSA) is 38.3 Å². The van der Waals surface area contributed by atoms with E-state index in [0.717, 1.165) is 12.1 Å². The van der Waals surface area contributed by atoms with E-state index in [1.165, 1.54) is 0 Å². The van der Waals surface area contributed by atoms with Gasteiger partial charge in [-0.1, -0.05) is 30.3 Å². The molecule has 1 aromatic rings. The monoisotopic (exact) mass is 219 g/mol. The van der Waals surface area contributed by atoms with Crippen molar-refractivity contribution in [2.75, 3.05) is 13.2 Å². The van der Waals surface area contributed by atoms with Crippen LogP contribution in [0.2, 0.25) is 0 Å². The van der Waals surface area contributed by atoms with Gasteiger partial charge in [0.1, 0.15) is 0 Å². The van der Waals surface area contributed by atoms with Crippen molar-refractivity contribution < 1.29 is 9.53 Å². The average molecular weight is 219 g/mol. The van der Waals surface area contributed by atoms with Crippen molar-refractivity contribution >= 4 is 11.5 Å².